The summed E-state index contributed by atoms with van der Waals surface area (Å²) < 4.78 is 11.9. The van der Waals surface area contributed by atoms with Crippen molar-refractivity contribution in [1.29, 1.82) is 0 Å². The Kier molecular flexibility index (Phi) is 5.82. The molecule has 2 atom stereocenters. The molecule has 0 unspecified atom stereocenters. The van der Waals surface area contributed by atoms with Crippen molar-refractivity contribution in [2.75, 3.05) is 19.7 Å². The standard InChI is InChI=1S/C20H30N2O4/c1-4-25-18-16(6-5-9-21-18)19(24)22-10-7-20(8-11-22)13-15(23)12-17(26-20)14(2)3/h5-6,9,14-15,17,23H,4,7-8,10-13H2,1-3H3/t15-,17-/m1/s1. The quantitative estimate of drug-likeness (QED) is 0.891. The molecule has 6 nitrogen and oxygen atoms in total. The second kappa shape index (κ2) is 7.92. The summed E-state index contributed by atoms with van der Waals surface area (Å²) in [6.45, 7) is 7.86. The molecule has 1 aromatic rings. The Hall–Kier alpha value is -1.66. The van der Waals surface area contributed by atoms with Crippen LogP contribution in [-0.2, 0) is 4.74 Å². The highest BCUT2D eigenvalue weighted by Gasteiger charge is 2.44. The van der Waals surface area contributed by atoms with Crippen LogP contribution in [0.15, 0.2) is 18.3 Å². The first-order chi connectivity index (χ1) is 12.4. The fraction of sp³-hybridized carbons (Fsp3) is 0.700. The van der Waals surface area contributed by atoms with Crippen molar-refractivity contribution in [3.8, 4) is 5.88 Å². The Bertz CT molecular complexity index is 626. The van der Waals surface area contributed by atoms with Crippen molar-refractivity contribution in [3.63, 3.8) is 0 Å². The number of pyridine rings is 1. The van der Waals surface area contributed by atoms with Crippen LogP contribution in [0.2, 0.25) is 0 Å². The van der Waals surface area contributed by atoms with Gasteiger partial charge in [0.05, 0.1) is 24.4 Å². The zero-order chi connectivity index (χ0) is 18.7. The molecular formula is C20H30N2O4. The summed E-state index contributed by atoms with van der Waals surface area (Å²) in [7, 11) is 0. The zero-order valence-corrected chi connectivity index (χ0v) is 16.0. The molecule has 1 aromatic heterocycles. The molecule has 0 radical (unpaired) electrons. The minimum atomic E-state index is -0.318. The number of rotatable bonds is 4. The van der Waals surface area contributed by atoms with Gasteiger partial charge in [0.2, 0.25) is 5.88 Å². The molecule has 6 heteroatoms. The summed E-state index contributed by atoms with van der Waals surface area (Å²) in [6, 6.07) is 3.52. The first-order valence-electron chi connectivity index (χ1n) is 9.67. The first kappa shape index (κ1) is 19.1. The van der Waals surface area contributed by atoms with E-state index in [4.69, 9.17) is 9.47 Å². The normalized spacial score (nSPS) is 25.5. The fourth-order valence-corrected chi connectivity index (χ4v) is 4.02. The van der Waals surface area contributed by atoms with Crippen LogP contribution in [0.4, 0.5) is 0 Å². The van der Waals surface area contributed by atoms with Crippen molar-refractivity contribution in [2.24, 2.45) is 5.92 Å². The molecule has 2 fully saturated rings. The molecule has 2 aliphatic heterocycles. The van der Waals surface area contributed by atoms with E-state index < -0.39 is 0 Å². The smallest absolute Gasteiger partial charge is 0.259 e. The van der Waals surface area contributed by atoms with E-state index in [1.807, 2.05) is 11.8 Å². The third-order valence-electron chi connectivity index (χ3n) is 5.50. The third kappa shape index (κ3) is 4.01. The number of nitrogens with zero attached hydrogens (tertiary/aromatic N) is 2. The molecule has 26 heavy (non-hydrogen) atoms. The summed E-state index contributed by atoms with van der Waals surface area (Å²) in [6.07, 6.45) is 4.28. The van der Waals surface area contributed by atoms with Gasteiger partial charge in [0.1, 0.15) is 5.56 Å². The van der Waals surface area contributed by atoms with Crippen LogP contribution in [0.5, 0.6) is 5.88 Å². The number of aliphatic hydroxyl groups is 1. The van der Waals surface area contributed by atoms with Crippen molar-refractivity contribution < 1.29 is 19.4 Å². The van der Waals surface area contributed by atoms with Crippen LogP contribution in [0.25, 0.3) is 0 Å². The van der Waals surface area contributed by atoms with Gasteiger partial charge in [0, 0.05) is 25.7 Å². The van der Waals surface area contributed by atoms with Crippen molar-refractivity contribution in [1.82, 2.24) is 9.88 Å². The number of ether oxygens (including phenoxy) is 2. The van der Waals surface area contributed by atoms with E-state index in [0.717, 1.165) is 12.8 Å². The third-order valence-corrected chi connectivity index (χ3v) is 5.50. The number of aliphatic hydroxyl groups excluding tert-OH is 1. The summed E-state index contributed by atoms with van der Waals surface area (Å²) in [5.41, 5.74) is 0.205. The SMILES string of the molecule is CCOc1ncccc1C(=O)N1CCC2(CC1)C[C@H](O)C[C@H](C(C)C)O2. The highest BCUT2D eigenvalue weighted by atomic mass is 16.5. The largest absolute Gasteiger partial charge is 0.477 e. The number of piperidine rings is 1. The zero-order valence-electron chi connectivity index (χ0n) is 16.0. The molecule has 3 heterocycles. The van der Waals surface area contributed by atoms with Gasteiger partial charge in [-0.3, -0.25) is 4.79 Å². The van der Waals surface area contributed by atoms with Gasteiger partial charge in [0.15, 0.2) is 0 Å². The van der Waals surface area contributed by atoms with Gasteiger partial charge in [-0.2, -0.15) is 0 Å². The van der Waals surface area contributed by atoms with Crippen LogP contribution in [0, 0.1) is 5.92 Å². The molecule has 2 aliphatic rings. The number of aromatic nitrogens is 1. The molecule has 1 amide bonds. The predicted octanol–water partition coefficient (Wildman–Crippen LogP) is 2.65. The van der Waals surface area contributed by atoms with Gasteiger partial charge in [-0.25, -0.2) is 4.98 Å². The lowest BCUT2D eigenvalue weighted by Gasteiger charge is -2.48. The van der Waals surface area contributed by atoms with Crippen LogP contribution >= 0.6 is 0 Å². The van der Waals surface area contributed by atoms with E-state index in [2.05, 4.69) is 18.8 Å². The molecule has 2 saturated heterocycles. The number of hydrogen-bond acceptors (Lipinski definition) is 5. The van der Waals surface area contributed by atoms with Crippen molar-refractivity contribution in [3.05, 3.63) is 23.9 Å². The second-order valence-corrected chi connectivity index (χ2v) is 7.76. The van der Waals surface area contributed by atoms with Gasteiger partial charge in [-0.05, 0) is 44.2 Å². The average Bonchev–Trinajstić information content (AvgIpc) is 2.62. The monoisotopic (exact) mass is 362 g/mol. The van der Waals surface area contributed by atoms with Crippen LogP contribution in [0.1, 0.15) is 56.8 Å². The van der Waals surface area contributed by atoms with E-state index in [9.17, 15) is 9.90 Å². The molecule has 0 saturated carbocycles. The van der Waals surface area contributed by atoms with E-state index >= 15 is 0 Å². The van der Waals surface area contributed by atoms with Crippen molar-refractivity contribution >= 4 is 5.91 Å². The highest BCUT2D eigenvalue weighted by Crippen LogP contribution is 2.39. The predicted molar refractivity (Wildman–Crippen MR) is 98.2 cm³/mol. The number of likely N-dealkylation sites (tertiary alicyclic amines) is 1. The molecule has 144 valence electrons. The van der Waals surface area contributed by atoms with Gasteiger partial charge in [-0.15, -0.1) is 0 Å². The van der Waals surface area contributed by atoms with Crippen LogP contribution < -0.4 is 4.74 Å². The Morgan fingerprint density at radius 1 is 1.46 bits per heavy atom. The molecule has 3 rings (SSSR count). The second-order valence-electron chi connectivity index (χ2n) is 7.76. The lowest BCUT2D eigenvalue weighted by atomic mass is 9.80. The topological polar surface area (TPSA) is 71.9 Å². The van der Waals surface area contributed by atoms with E-state index in [-0.39, 0.29) is 23.7 Å². The van der Waals surface area contributed by atoms with E-state index in [1.54, 1.807) is 18.3 Å². The average molecular weight is 362 g/mol. The van der Waals surface area contributed by atoms with Gasteiger partial charge in [-0.1, -0.05) is 13.8 Å². The minimum Gasteiger partial charge on any atom is -0.477 e. The molecule has 0 bridgehead atoms. The van der Waals surface area contributed by atoms with E-state index in [0.29, 0.717) is 49.9 Å². The van der Waals surface area contributed by atoms with Gasteiger partial charge in [0.25, 0.3) is 5.91 Å². The summed E-state index contributed by atoms with van der Waals surface area (Å²) in [5.74, 6) is 0.725. The molecular weight excluding hydrogens is 332 g/mol. The maximum atomic E-state index is 12.9. The van der Waals surface area contributed by atoms with Crippen molar-refractivity contribution in [2.45, 2.75) is 64.3 Å². The molecule has 1 spiro atoms. The molecule has 0 aromatic carbocycles. The summed E-state index contributed by atoms with van der Waals surface area (Å²) in [4.78, 5) is 18.9. The lowest BCUT2D eigenvalue weighted by Crippen LogP contribution is -2.54. The number of carbonyl (C=O) groups is 1. The number of amides is 1. The molecule has 1 N–H and O–H groups in total. The van der Waals surface area contributed by atoms with Gasteiger partial charge < -0.3 is 19.5 Å². The number of hydrogen-bond donors (Lipinski definition) is 1. The summed E-state index contributed by atoms with van der Waals surface area (Å²) in [5, 5.41) is 10.3. The Morgan fingerprint density at radius 3 is 2.85 bits per heavy atom. The maximum Gasteiger partial charge on any atom is 0.259 e. The Morgan fingerprint density at radius 2 is 2.19 bits per heavy atom. The van der Waals surface area contributed by atoms with Crippen LogP contribution in [-0.4, -0.2) is 58.4 Å². The Labute approximate surface area is 155 Å². The minimum absolute atomic E-state index is 0.0480. The molecule has 0 aliphatic carbocycles. The first-order valence-corrected chi connectivity index (χ1v) is 9.67. The Balaban J connectivity index is 1.67. The van der Waals surface area contributed by atoms with E-state index in [1.165, 1.54) is 0 Å². The fourth-order valence-electron chi connectivity index (χ4n) is 4.02. The maximum absolute atomic E-state index is 12.9. The van der Waals surface area contributed by atoms with Crippen LogP contribution in [0.3, 0.4) is 0 Å². The highest BCUT2D eigenvalue weighted by molar-refractivity contribution is 5.96. The summed E-state index contributed by atoms with van der Waals surface area (Å²) >= 11 is 0. The lowest BCUT2D eigenvalue weighted by molar-refractivity contribution is -0.190. The number of carbonyl (C=O) groups excluding carboxylic acids is 1. The van der Waals surface area contributed by atoms with Gasteiger partial charge >= 0.3 is 0 Å².